The van der Waals surface area contributed by atoms with Crippen molar-refractivity contribution in [3.05, 3.63) is 5.82 Å². The Morgan fingerprint density at radius 2 is 2.18 bits per heavy atom. The summed E-state index contributed by atoms with van der Waals surface area (Å²) in [7, 11) is 0. The summed E-state index contributed by atoms with van der Waals surface area (Å²) in [5.41, 5.74) is 0. The van der Waals surface area contributed by atoms with Crippen LogP contribution in [-0.4, -0.2) is 26.8 Å². The molecule has 17 heavy (non-hydrogen) atoms. The van der Waals surface area contributed by atoms with E-state index in [1.165, 1.54) is 19.3 Å². The summed E-state index contributed by atoms with van der Waals surface area (Å²) in [6.07, 6.45) is 5.11. The van der Waals surface area contributed by atoms with Crippen LogP contribution in [0.25, 0.3) is 0 Å². The van der Waals surface area contributed by atoms with Crippen molar-refractivity contribution in [2.75, 3.05) is 6.54 Å². The Balaban J connectivity index is 2.09. The predicted molar refractivity (Wildman–Crippen MR) is 66.6 cm³/mol. The molecule has 0 aliphatic heterocycles. The molecule has 2 rings (SSSR count). The summed E-state index contributed by atoms with van der Waals surface area (Å²) in [6, 6.07) is 0.692. The van der Waals surface area contributed by atoms with Gasteiger partial charge in [-0.15, -0.1) is 5.10 Å². The first-order valence-electron chi connectivity index (χ1n) is 6.77. The maximum Gasteiger partial charge on any atom is 0.168 e. The van der Waals surface area contributed by atoms with E-state index in [2.05, 4.69) is 41.6 Å². The van der Waals surface area contributed by atoms with Gasteiger partial charge in [-0.2, -0.15) is 0 Å². The Hall–Kier alpha value is -0.970. The van der Waals surface area contributed by atoms with Gasteiger partial charge in [0.2, 0.25) is 0 Å². The first-order chi connectivity index (χ1) is 8.26. The minimum atomic E-state index is 0.225. The second-order valence-electron chi connectivity index (χ2n) is 5.00. The molecule has 1 aliphatic rings. The summed E-state index contributed by atoms with van der Waals surface area (Å²) in [5, 5.41) is 15.6. The maximum absolute atomic E-state index is 4.19. The standard InChI is InChI=1S/C12H23N5/c1-4-11(8-10-6-7-10)17-12(14-15-16-17)9(3)13-5-2/h9-11,13H,4-8H2,1-3H3. The fourth-order valence-corrected chi connectivity index (χ4v) is 2.32. The monoisotopic (exact) mass is 237 g/mol. The summed E-state index contributed by atoms with van der Waals surface area (Å²) < 4.78 is 2.03. The molecule has 0 radical (unpaired) electrons. The first-order valence-corrected chi connectivity index (χ1v) is 6.77. The van der Waals surface area contributed by atoms with Gasteiger partial charge < -0.3 is 5.32 Å². The van der Waals surface area contributed by atoms with E-state index in [1.54, 1.807) is 0 Å². The van der Waals surface area contributed by atoms with Crippen molar-refractivity contribution in [3.63, 3.8) is 0 Å². The average Bonchev–Trinajstić information content (AvgIpc) is 3.01. The van der Waals surface area contributed by atoms with Crippen molar-refractivity contribution in [1.82, 2.24) is 25.5 Å². The lowest BCUT2D eigenvalue weighted by molar-refractivity contribution is 0.360. The van der Waals surface area contributed by atoms with Crippen LogP contribution < -0.4 is 5.32 Å². The fraction of sp³-hybridized carbons (Fsp3) is 0.917. The van der Waals surface area contributed by atoms with Crippen LogP contribution in [0.15, 0.2) is 0 Å². The molecular formula is C12H23N5. The third-order valence-electron chi connectivity index (χ3n) is 3.54. The summed E-state index contributed by atoms with van der Waals surface area (Å²) in [5.74, 6) is 1.88. The SMILES string of the molecule is CCNC(C)c1nnnn1C(CC)CC1CC1. The van der Waals surface area contributed by atoms with Crippen molar-refractivity contribution < 1.29 is 0 Å². The number of aromatic nitrogens is 4. The highest BCUT2D eigenvalue weighted by atomic mass is 15.6. The molecule has 0 amide bonds. The van der Waals surface area contributed by atoms with Crippen molar-refractivity contribution in [1.29, 1.82) is 0 Å². The van der Waals surface area contributed by atoms with Gasteiger partial charge in [-0.3, -0.25) is 0 Å². The lowest BCUT2D eigenvalue weighted by Crippen LogP contribution is -2.24. The second-order valence-corrected chi connectivity index (χ2v) is 5.00. The van der Waals surface area contributed by atoms with E-state index in [0.717, 1.165) is 24.7 Å². The molecule has 2 atom stereocenters. The van der Waals surface area contributed by atoms with Gasteiger partial charge in [0, 0.05) is 0 Å². The van der Waals surface area contributed by atoms with Crippen LogP contribution >= 0.6 is 0 Å². The van der Waals surface area contributed by atoms with E-state index in [0.29, 0.717) is 6.04 Å². The highest BCUT2D eigenvalue weighted by Crippen LogP contribution is 2.38. The molecule has 1 fully saturated rings. The molecule has 1 N–H and O–H groups in total. The smallest absolute Gasteiger partial charge is 0.168 e. The Bertz CT molecular complexity index is 344. The quantitative estimate of drug-likeness (QED) is 0.789. The molecule has 1 aromatic heterocycles. The normalized spacial score (nSPS) is 19.2. The number of hydrogen-bond acceptors (Lipinski definition) is 4. The van der Waals surface area contributed by atoms with Crippen LogP contribution in [0.2, 0.25) is 0 Å². The van der Waals surface area contributed by atoms with Crippen LogP contribution in [0.3, 0.4) is 0 Å². The van der Waals surface area contributed by atoms with Gasteiger partial charge in [-0.1, -0.05) is 26.7 Å². The third kappa shape index (κ3) is 3.03. The minimum absolute atomic E-state index is 0.225. The molecule has 1 aliphatic carbocycles. The van der Waals surface area contributed by atoms with Gasteiger partial charge in [0.05, 0.1) is 12.1 Å². The van der Waals surface area contributed by atoms with Gasteiger partial charge >= 0.3 is 0 Å². The number of tetrazole rings is 1. The minimum Gasteiger partial charge on any atom is -0.308 e. The first kappa shape index (κ1) is 12.5. The van der Waals surface area contributed by atoms with Crippen LogP contribution in [0, 0.1) is 5.92 Å². The highest BCUT2D eigenvalue weighted by Gasteiger charge is 2.28. The molecule has 96 valence electrons. The maximum atomic E-state index is 4.19. The van der Waals surface area contributed by atoms with E-state index in [1.807, 2.05) is 4.68 Å². The topological polar surface area (TPSA) is 55.6 Å². The number of nitrogens with one attached hydrogen (secondary N) is 1. The van der Waals surface area contributed by atoms with E-state index < -0.39 is 0 Å². The molecular weight excluding hydrogens is 214 g/mol. The van der Waals surface area contributed by atoms with Gasteiger partial charge in [-0.25, -0.2) is 4.68 Å². The molecule has 2 unspecified atom stereocenters. The lowest BCUT2D eigenvalue weighted by atomic mass is 10.1. The van der Waals surface area contributed by atoms with Crippen LogP contribution in [0.1, 0.15) is 64.4 Å². The average molecular weight is 237 g/mol. The summed E-state index contributed by atoms with van der Waals surface area (Å²) in [4.78, 5) is 0. The number of rotatable bonds is 7. The zero-order valence-corrected chi connectivity index (χ0v) is 11.1. The molecule has 1 heterocycles. The molecule has 0 saturated heterocycles. The predicted octanol–water partition coefficient (Wildman–Crippen LogP) is 2.09. The second kappa shape index (κ2) is 5.58. The molecule has 0 bridgehead atoms. The molecule has 1 saturated carbocycles. The van der Waals surface area contributed by atoms with E-state index in [-0.39, 0.29) is 6.04 Å². The van der Waals surface area contributed by atoms with E-state index >= 15 is 0 Å². The zero-order chi connectivity index (χ0) is 12.3. The van der Waals surface area contributed by atoms with Crippen LogP contribution in [-0.2, 0) is 0 Å². The molecule has 5 heteroatoms. The summed E-state index contributed by atoms with van der Waals surface area (Å²) >= 11 is 0. The Kier molecular flexibility index (Phi) is 4.10. The van der Waals surface area contributed by atoms with Crippen LogP contribution in [0.5, 0.6) is 0 Å². The van der Waals surface area contributed by atoms with Crippen molar-refractivity contribution in [2.24, 2.45) is 5.92 Å². The zero-order valence-electron chi connectivity index (χ0n) is 11.1. The highest BCUT2D eigenvalue weighted by molar-refractivity contribution is 4.93. The Labute approximate surface area is 103 Å². The van der Waals surface area contributed by atoms with Gasteiger partial charge in [0.25, 0.3) is 0 Å². The van der Waals surface area contributed by atoms with Crippen LogP contribution in [0.4, 0.5) is 0 Å². The molecule has 5 nitrogen and oxygen atoms in total. The fourth-order valence-electron chi connectivity index (χ4n) is 2.32. The van der Waals surface area contributed by atoms with Crippen molar-refractivity contribution >= 4 is 0 Å². The Morgan fingerprint density at radius 1 is 1.41 bits per heavy atom. The van der Waals surface area contributed by atoms with E-state index in [4.69, 9.17) is 0 Å². The summed E-state index contributed by atoms with van der Waals surface area (Å²) in [6.45, 7) is 7.38. The molecule has 0 spiro atoms. The van der Waals surface area contributed by atoms with Gasteiger partial charge in [0.1, 0.15) is 0 Å². The lowest BCUT2D eigenvalue weighted by Gasteiger charge is -2.19. The molecule has 0 aromatic carbocycles. The third-order valence-corrected chi connectivity index (χ3v) is 3.54. The van der Waals surface area contributed by atoms with Gasteiger partial charge in [-0.05, 0) is 42.7 Å². The molecule has 1 aromatic rings. The van der Waals surface area contributed by atoms with Crippen molar-refractivity contribution in [3.8, 4) is 0 Å². The van der Waals surface area contributed by atoms with Gasteiger partial charge in [0.15, 0.2) is 5.82 Å². The van der Waals surface area contributed by atoms with E-state index in [9.17, 15) is 0 Å². The largest absolute Gasteiger partial charge is 0.308 e. The number of nitrogens with zero attached hydrogens (tertiary/aromatic N) is 4. The Morgan fingerprint density at radius 3 is 2.76 bits per heavy atom. The van der Waals surface area contributed by atoms with Crippen molar-refractivity contribution in [2.45, 2.75) is 58.5 Å². The number of hydrogen-bond donors (Lipinski definition) is 1.